The van der Waals surface area contributed by atoms with Crippen molar-refractivity contribution < 1.29 is 28.5 Å². The molecule has 1 saturated heterocycles. The lowest BCUT2D eigenvalue weighted by atomic mass is 9.96. The molecular weight excluding hydrogens is 398 g/mol. The fraction of sp³-hybridized carbons (Fsp3) is 0.417. The summed E-state index contributed by atoms with van der Waals surface area (Å²) in [6.45, 7) is 7.86. The van der Waals surface area contributed by atoms with E-state index < -0.39 is 17.7 Å². The first-order chi connectivity index (χ1) is 14.7. The molecule has 2 aromatic rings. The lowest BCUT2D eigenvalue weighted by Gasteiger charge is -2.23. The molecule has 3 rings (SSSR count). The summed E-state index contributed by atoms with van der Waals surface area (Å²) in [7, 11) is 1.56. The number of carbonyl (C=O) groups excluding carboxylic acids is 2. The summed E-state index contributed by atoms with van der Waals surface area (Å²) in [5.74, 6) is 0.384. The molecular formula is C24H29NO6. The zero-order chi connectivity index (χ0) is 22.6. The van der Waals surface area contributed by atoms with Gasteiger partial charge in [0.15, 0.2) is 0 Å². The van der Waals surface area contributed by atoms with Crippen LogP contribution in [-0.2, 0) is 4.74 Å². The first-order valence-corrected chi connectivity index (χ1v) is 10.3. The number of hydrogen-bond acceptors (Lipinski definition) is 7. The van der Waals surface area contributed by atoms with Crippen molar-refractivity contribution in [2.75, 3.05) is 13.7 Å². The monoisotopic (exact) mass is 427 g/mol. The second-order valence-corrected chi connectivity index (χ2v) is 8.42. The summed E-state index contributed by atoms with van der Waals surface area (Å²) < 4.78 is 22.0. The van der Waals surface area contributed by atoms with Crippen molar-refractivity contribution in [1.29, 1.82) is 0 Å². The molecule has 0 aliphatic carbocycles. The summed E-state index contributed by atoms with van der Waals surface area (Å²) in [5.41, 5.74) is 0.743. The number of carbonyl (C=O) groups is 2. The average Bonchev–Trinajstić information content (AvgIpc) is 3.21. The van der Waals surface area contributed by atoms with Crippen molar-refractivity contribution in [1.82, 2.24) is 5.32 Å². The first kappa shape index (κ1) is 22.6. The lowest BCUT2D eigenvalue weighted by molar-refractivity contribution is 0.0204. The van der Waals surface area contributed by atoms with Crippen LogP contribution in [0.15, 0.2) is 36.4 Å². The molecule has 2 aromatic carbocycles. The third-order valence-electron chi connectivity index (χ3n) is 4.89. The highest BCUT2D eigenvalue weighted by Crippen LogP contribution is 2.40. The van der Waals surface area contributed by atoms with Crippen LogP contribution < -0.4 is 19.5 Å². The molecule has 0 amide bonds. The standard InChI is InChI=1S/C24H29NO6/c1-15-20(22(26)29-16-10-7-6-8-11-16)19(30-23(27)31-24(2,3)4)14-17(21(15)28-5)18-12-9-13-25-18/h6-8,10-11,14,18,25H,9,12-13H2,1-5H3. The molecule has 0 radical (unpaired) electrons. The highest BCUT2D eigenvalue weighted by atomic mass is 16.7. The molecule has 1 fully saturated rings. The molecule has 0 saturated carbocycles. The van der Waals surface area contributed by atoms with Gasteiger partial charge in [-0.3, -0.25) is 0 Å². The van der Waals surface area contributed by atoms with E-state index in [0.717, 1.165) is 24.9 Å². The number of hydrogen-bond donors (Lipinski definition) is 1. The molecule has 1 aliphatic heterocycles. The van der Waals surface area contributed by atoms with Gasteiger partial charge in [-0.2, -0.15) is 0 Å². The molecule has 7 nitrogen and oxygen atoms in total. The van der Waals surface area contributed by atoms with Crippen molar-refractivity contribution >= 4 is 12.1 Å². The maximum Gasteiger partial charge on any atom is 0.514 e. The Morgan fingerprint density at radius 1 is 1.10 bits per heavy atom. The Balaban J connectivity index is 2.05. The van der Waals surface area contributed by atoms with E-state index >= 15 is 0 Å². The number of esters is 1. The minimum Gasteiger partial charge on any atom is -0.496 e. The summed E-state index contributed by atoms with van der Waals surface area (Å²) in [6.07, 6.45) is 1.04. The van der Waals surface area contributed by atoms with Crippen LogP contribution in [0.25, 0.3) is 0 Å². The van der Waals surface area contributed by atoms with Crippen molar-refractivity contribution in [3.8, 4) is 17.2 Å². The summed E-state index contributed by atoms with van der Waals surface area (Å²) in [6, 6.07) is 10.4. The van der Waals surface area contributed by atoms with E-state index in [4.69, 9.17) is 18.9 Å². The van der Waals surface area contributed by atoms with Gasteiger partial charge in [0, 0.05) is 17.2 Å². The highest BCUT2D eigenvalue weighted by Gasteiger charge is 2.30. The number of para-hydroxylation sites is 1. The van der Waals surface area contributed by atoms with E-state index in [1.165, 1.54) is 0 Å². The van der Waals surface area contributed by atoms with E-state index in [-0.39, 0.29) is 17.4 Å². The molecule has 0 spiro atoms. The Hall–Kier alpha value is -3.06. The number of rotatable bonds is 5. The Bertz CT molecular complexity index is 943. The summed E-state index contributed by atoms with van der Waals surface area (Å²) in [5, 5.41) is 3.41. The van der Waals surface area contributed by atoms with Crippen molar-refractivity contribution in [2.45, 2.75) is 52.2 Å². The minimum atomic E-state index is -0.892. The minimum absolute atomic E-state index is 0.0360. The van der Waals surface area contributed by atoms with Gasteiger partial charge in [0.1, 0.15) is 28.4 Å². The van der Waals surface area contributed by atoms with E-state index in [0.29, 0.717) is 17.1 Å². The van der Waals surface area contributed by atoms with Crippen LogP contribution in [0.3, 0.4) is 0 Å². The normalized spacial score (nSPS) is 16.0. The maximum atomic E-state index is 13.1. The van der Waals surface area contributed by atoms with Gasteiger partial charge in [-0.25, -0.2) is 9.59 Å². The number of nitrogens with one attached hydrogen (secondary N) is 1. The SMILES string of the molecule is COc1c(C2CCCN2)cc(OC(=O)OC(C)(C)C)c(C(=O)Oc2ccccc2)c1C. The van der Waals surface area contributed by atoms with E-state index in [1.807, 2.05) is 6.07 Å². The predicted molar refractivity (Wildman–Crippen MR) is 116 cm³/mol. The molecule has 1 heterocycles. The Labute approximate surface area is 182 Å². The van der Waals surface area contributed by atoms with Gasteiger partial charge in [0.25, 0.3) is 0 Å². The van der Waals surface area contributed by atoms with Crippen LogP contribution >= 0.6 is 0 Å². The van der Waals surface area contributed by atoms with Crippen LogP contribution in [-0.4, -0.2) is 31.4 Å². The van der Waals surface area contributed by atoms with Gasteiger partial charge < -0.3 is 24.3 Å². The Morgan fingerprint density at radius 2 is 1.81 bits per heavy atom. The smallest absolute Gasteiger partial charge is 0.496 e. The van der Waals surface area contributed by atoms with Gasteiger partial charge in [0.2, 0.25) is 0 Å². The lowest BCUT2D eigenvalue weighted by Crippen LogP contribution is -2.27. The van der Waals surface area contributed by atoms with Gasteiger partial charge in [-0.15, -0.1) is 0 Å². The topological polar surface area (TPSA) is 83.1 Å². The van der Waals surface area contributed by atoms with Crippen LogP contribution in [0.5, 0.6) is 17.2 Å². The molecule has 1 unspecified atom stereocenters. The Morgan fingerprint density at radius 3 is 2.39 bits per heavy atom. The van der Waals surface area contributed by atoms with E-state index in [9.17, 15) is 9.59 Å². The average molecular weight is 427 g/mol. The van der Waals surface area contributed by atoms with Gasteiger partial charge in [-0.05, 0) is 65.3 Å². The van der Waals surface area contributed by atoms with Crippen LogP contribution in [0.1, 0.15) is 61.1 Å². The van der Waals surface area contributed by atoms with Crippen LogP contribution in [0.2, 0.25) is 0 Å². The molecule has 1 N–H and O–H groups in total. The zero-order valence-corrected chi connectivity index (χ0v) is 18.6. The second-order valence-electron chi connectivity index (χ2n) is 8.42. The number of benzene rings is 2. The molecule has 7 heteroatoms. The van der Waals surface area contributed by atoms with Gasteiger partial charge in [-0.1, -0.05) is 18.2 Å². The zero-order valence-electron chi connectivity index (χ0n) is 18.6. The molecule has 0 aromatic heterocycles. The van der Waals surface area contributed by atoms with Crippen molar-refractivity contribution in [3.05, 3.63) is 53.1 Å². The predicted octanol–water partition coefficient (Wildman–Crippen LogP) is 4.96. The molecule has 1 atom stereocenters. The first-order valence-electron chi connectivity index (χ1n) is 10.3. The van der Waals surface area contributed by atoms with Gasteiger partial charge in [0.05, 0.1) is 7.11 Å². The highest BCUT2D eigenvalue weighted by molar-refractivity contribution is 5.97. The van der Waals surface area contributed by atoms with Crippen molar-refractivity contribution in [2.24, 2.45) is 0 Å². The van der Waals surface area contributed by atoms with E-state index in [1.54, 1.807) is 65.1 Å². The number of methoxy groups -OCH3 is 1. The fourth-order valence-corrected chi connectivity index (χ4v) is 3.61. The van der Waals surface area contributed by atoms with Crippen LogP contribution in [0.4, 0.5) is 4.79 Å². The quantitative estimate of drug-likeness (QED) is 0.410. The Kier molecular flexibility index (Phi) is 6.85. The summed E-state index contributed by atoms with van der Waals surface area (Å²) in [4.78, 5) is 25.5. The van der Waals surface area contributed by atoms with E-state index in [2.05, 4.69) is 5.32 Å². The molecule has 31 heavy (non-hydrogen) atoms. The fourth-order valence-electron chi connectivity index (χ4n) is 3.61. The van der Waals surface area contributed by atoms with Crippen LogP contribution in [0, 0.1) is 6.92 Å². The third kappa shape index (κ3) is 5.55. The largest absolute Gasteiger partial charge is 0.514 e. The molecule has 1 aliphatic rings. The number of ether oxygens (including phenoxy) is 4. The molecule has 0 bridgehead atoms. The van der Waals surface area contributed by atoms with Crippen molar-refractivity contribution in [3.63, 3.8) is 0 Å². The summed E-state index contributed by atoms with van der Waals surface area (Å²) >= 11 is 0. The third-order valence-corrected chi connectivity index (χ3v) is 4.89. The van der Waals surface area contributed by atoms with Gasteiger partial charge >= 0.3 is 12.1 Å². The molecule has 166 valence electrons. The second kappa shape index (κ2) is 9.39. The maximum absolute atomic E-state index is 13.1.